The molecule has 1 saturated heterocycles. The van der Waals surface area contributed by atoms with Gasteiger partial charge in [-0.3, -0.25) is 4.90 Å². The van der Waals surface area contributed by atoms with E-state index in [1.54, 1.807) is 6.92 Å². The molecule has 1 fully saturated rings. The summed E-state index contributed by atoms with van der Waals surface area (Å²) >= 11 is 0. The van der Waals surface area contributed by atoms with E-state index in [4.69, 9.17) is 4.74 Å². The van der Waals surface area contributed by atoms with E-state index in [-0.39, 0.29) is 6.10 Å². The van der Waals surface area contributed by atoms with E-state index < -0.39 is 18.1 Å². The van der Waals surface area contributed by atoms with Crippen LogP contribution in [-0.4, -0.2) is 40.8 Å². The van der Waals surface area contributed by atoms with Crippen molar-refractivity contribution < 1.29 is 19.4 Å². The van der Waals surface area contributed by atoms with Gasteiger partial charge in [-0.05, 0) is 31.7 Å². The van der Waals surface area contributed by atoms with Crippen LogP contribution in [0.5, 0.6) is 0 Å². The Morgan fingerprint density at radius 3 is 2.55 bits per heavy atom. The Morgan fingerprint density at radius 1 is 1.30 bits per heavy atom. The van der Waals surface area contributed by atoms with Gasteiger partial charge in [0.15, 0.2) is 6.04 Å². The number of benzene rings is 1. The largest absolute Gasteiger partial charge is 0.465 e. The van der Waals surface area contributed by atoms with Crippen molar-refractivity contribution in [3.63, 3.8) is 0 Å². The van der Waals surface area contributed by atoms with Gasteiger partial charge >= 0.3 is 12.1 Å². The first-order valence-electron chi connectivity index (χ1n) is 6.83. The van der Waals surface area contributed by atoms with E-state index in [1.165, 1.54) is 10.5 Å². The molecular weight excluding hydrogens is 258 g/mol. The topological polar surface area (TPSA) is 66.8 Å². The van der Waals surface area contributed by atoms with E-state index in [1.807, 2.05) is 18.2 Å². The van der Waals surface area contributed by atoms with Crippen molar-refractivity contribution in [1.82, 2.24) is 4.90 Å². The van der Waals surface area contributed by atoms with Crippen LogP contribution in [0, 0.1) is 0 Å². The van der Waals surface area contributed by atoms with Gasteiger partial charge in [0.25, 0.3) is 0 Å². The van der Waals surface area contributed by atoms with Gasteiger partial charge in [-0.15, -0.1) is 0 Å². The molecule has 1 heterocycles. The summed E-state index contributed by atoms with van der Waals surface area (Å²) < 4.78 is 4.81. The first kappa shape index (κ1) is 14.4. The summed E-state index contributed by atoms with van der Waals surface area (Å²) in [6.45, 7) is 2.08. The monoisotopic (exact) mass is 277 g/mol. The van der Waals surface area contributed by atoms with Gasteiger partial charge in [0.1, 0.15) is 6.10 Å². The maximum atomic E-state index is 11.3. The number of aryl methyl sites for hydroxylation is 1. The number of ether oxygens (including phenoxy) is 1. The average molecular weight is 277 g/mol. The highest BCUT2D eigenvalue weighted by Crippen LogP contribution is 2.21. The van der Waals surface area contributed by atoms with Gasteiger partial charge in [-0.2, -0.15) is 0 Å². The minimum atomic E-state index is -1.06. The van der Waals surface area contributed by atoms with Crippen LogP contribution in [0.15, 0.2) is 30.3 Å². The van der Waals surface area contributed by atoms with Crippen molar-refractivity contribution in [3.8, 4) is 0 Å². The summed E-state index contributed by atoms with van der Waals surface area (Å²) in [7, 11) is 0. The molecule has 1 amide bonds. The van der Waals surface area contributed by atoms with Crippen molar-refractivity contribution in [2.45, 2.75) is 38.3 Å². The second-order valence-corrected chi connectivity index (χ2v) is 5.01. The Labute approximate surface area is 118 Å². The number of carboxylic acid groups (broad SMARTS) is 1. The molecule has 5 nitrogen and oxygen atoms in total. The molecule has 20 heavy (non-hydrogen) atoms. The first-order chi connectivity index (χ1) is 9.59. The Hall–Kier alpha value is -2.04. The predicted molar refractivity (Wildman–Crippen MR) is 73.5 cm³/mol. The lowest BCUT2D eigenvalue weighted by Crippen LogP contribution is -2.60. The fourth-order valence-corrected chi connectivity index (χ4v) is 2.43. The van der Waals surface area contributed by atoms with Crippen LogP contribution in [0.2, 0.25) is 0 Å². The van der Waals surface area contributed by atoms with Gasteiger partial charge in [0.2, 0.25) is 0 Å². The molecule has 5 heteroatoms. The zero-order chi connectivity index (χ0) is 14.5. The Balaban J connectivity index is 1.78. The standard InChI is InChI=1S/C15H19NO4/c1-11-13(14(17)20-11)16(15(18)19)10-6-5-9-12-7-3-2-4-8-12/h2-4,7-8,11,13H,5-6,9-10H2,1H3,(H,18,19)/t11-,13+/m0/s1. The van der Waals surface area contributed by atoms with Gasteiger partial charge in [0.05, 0.1) is 0 Å². The summed E-state index contributed by atoms with van der Waals surface area (Å²) in [6.07, 6.45) is 1.14. The second kappa shape index (κ2) is 6.41. The Kier molecular flexibility index (Phi) is 4.61. The van der Waals surface area contributed by atoms with Gasteiger partial charge < -0.3 is 9.84 Å². The van der Waals surface area contributed by atoms with Crippen LogP contribution in [0.4, 0.5) is 4.79 Å². The van der Waals surface area contributed by atoms with Crippen LogP contribution in [-0.2, 0) is 16.0 Å². The number of carbonyl (C=O) groups excluding carboxylic acids is 1. The molecule has 0 spiro atoms. The lowest BCUT2D eigenvalue weighted by molar-refractivity contribution is -0.183. The maximum Gasteiger partial charge on any atom is 0.408 e. The third-order valence-electron chi connectivity index (χ3n) is 3.53. The molecular formula is C15H19NO4. The van der Waals surface area contributed by atoms with Crippen molar-refractivity contribution in [3.05, 3.63) is 35.9 Å². The number of carbonyl (C=O) groups is 2. The fraction of sp³-hybridized carbons (Fsp3) is 0.467. The van der Waals surface area contributed by atoms with Gasteiger partial charge in [-0.25, -0.2) is 9.59 Å². The van der Waals surface area contributed by atoms with Gasteiger partial charge in [0, 0.05) is 6.54 Å². The van der Waals surface area contributed by atoms with Crippen LogP contribution < -0.4 is 0 Å². The SMILES string of the molecule is C[C@@H]1OC(=O)[C@@H]1N(CCCCc1ccccc1)C(=O)O. The smallest absolute Gasteiger partial charge is 0.408 e. The van der Waals surface area contributed by atoms with E-state index in [0.717, 1.165) is 19.3 Å². The summed E-state index contributed by atoms with van der Waals surface area (Å²) in [5.41, 5.74) is 1.24. The summed E-state index contributed by atoms with van der Waals surface area (Å²) in [5, 5.41) is 9.18. The summed E-state index contributed by atoms with van der Waals surface area (Å²) in [5.74, 6) is -0.442. The van der Waals surface area contributed by atoms with Crippen molar-refractivity contribution in [1.29, 1.82) is 0 Å². The highest BCUT2D eigenvalue weighted by atomic mass is 16.6. The van der Waals surface area contributed by atoms with Gasteiger partial charge in [-0.1, -0.05) is 30.3 Å². The van der Waals surface area contributed by atoms with E-state index in [9.17, 15) is 14.7 Å². The first-order valence-corrected chi connectivity index (χ1v) is 6.83. The van der Waals surface area contributed by atoms with Crippen molar-refractivity contribution >= 4 is 12.1 Å². The molecule has 1 aromatic carbocycles. The van der Waals surface area contributed by atoms with Crippen molar-refractivity contribution in [2.75, 3.05) is 6.54 Å². The highest BCUT2D eigenvalue weighted by Gasteiger charge is 2.45. The molecule has 108 valence electrons. The van der Waals surface area contributed by atoms with E-state index in [2.05, 4.69) is 12.1 Å². The maximum absolute atomic E-state index is 11.3. The summed E-state index contributed by atoms with van der Waals surface area (Å²) in [4.78, 5) is 23.7. The molecule has 0 aliphatic carbocycles. The second-order valence-electron chi connectivity index (χ2n) is 5.01. The number of esters is 1. The number of amides is 1. The molecule has 1 aliphatic rings. The number of hydrogen-bond acceptors (Lipinski definition) is 3. The van der Waals surface area contributed by atoms with Crippen molar-refractivity contribution in [2.24, 2.45) is 0 Å². The molecule has 0 saturated carbocycles. The molecule has 0 unspecified atom stereocenters. The minimum absolute atomic E-state index is 0.340. The lowest BCUT2D eigenvalue weighted by Gasteiger charge is -2.39. The molecule has 2 atom stereocenters. The third kappa shape index (κ3) is 3.29. The van der Waals surface area contributed by atoms with Crippen LogP contribution in [0.1, 0.15) is 25.3 Å². The normalized spacial score (nSPS) is 20.9. The molecule has 1 aliphatic heterocycles. The number of rotatable bonds is 6. The zero-order valence-electron chi connectivity index (χ0n) is 11.5. The number of nitrogens with zero attached hydrogens (tertiary/aromatic N) is 1. The van der Waals surface area contributed by atoms with E-state index in [0.29, 0.717) is 6.54 Å². The van der Waals surface area contributed by atoms with Crippen LogP contribution >= 0.6 is 0 Å². The zero-order valence-corrected chi connectivity index (χ0v) is 11.5. The number of unbranched alkanes of at least 4 members (excludes halogenated alkanes) is 1. The number of hydrogen-bond donors (Lipinski definition) is 1. The number of cyclic esters (lactones) is 1. The molecule has 1 N–H and O–H groups in total. The predicted octanol–water partition coefficient (Wildman–Crippen LogP) is 2.30. The van der Waals surface area contributed by atoms with E-state index >= 15 is 0 Å². The fourth-order valence-electron chi connectivity index (χ4n) is 2.43. The van der Waals surface area contributed by atoms with Crippen LogP contribution in [0.3, 0.4) is 0 Å². The third-order valence-corrected chi connectivity index (χ3v) is 3.53. The Morgan fingerprint density at radius 2 is 2.00 bits per heavy atom. The Bertz CT molecular complexity index is 474. The molecule has 0 aromatic heterocycles. The van der Waals surface area contributed by atoms with Crippen LogP contribution in [0.25, 0.3) is 0 Å². The quantitative estimate of drug-likeness (QED) is 0.640. The summed E-state index contributed by atoms with van der Waals surface area (Å²) in [6, 6.07) is 9.43. The highest BCUT2D eigenvalue weighted by molar-refractivity contribution is 5.85. The minimum Gasteiger partial charge on any atom is -0.465 e. The molecule has 2 rings (SSSR count). The molecule has 0 bridgehead atoms. The lowest BCUT2D eigenvalue weighted by atomic mass is 10.0. The average Bonchev–Trinajstić information content (AvgIpc) is 2.43. The molecule has 1 aromatic rings. The molecule has 0 radical (unpaired) electrons.